The smallest absolute Gasteiger partial charge is 0.309 e. The summed E-state index contributed by atoms with van der Waals surface area (Å²) >= 11 is 0. The van der Waals surface area contributed by atoms with E-state index in [9.17, 15) is 9.90 Å². The fraction of sp³-hybridized carbons (Fsp3) is 0.520. The number of carbonyl (C=O) groups excluding carboxylic acids is 1. The standard InChI is InChI=1S/C25H33NO6/c1-17(2)21-14-24(32-25(21)28)22(27)16-30-15-18-5-6-20(19-7-9-26-10-8-19)23(13-18)31-12-4-11-29-3/h5-10,13,17,21-22,24,27H,4,11-12,14-16H2,1-3H3. The molecule has 7 nitrogen and oxygen atoms in total. The molecule has 1 aromatic carbocycles. The van der Waals surface area contributed by atoms with Gasteiger partial charge in [-0.05, 0) is 35.2 Å². The molecular formula is C25H33NO6. The van der Waals surface area contributed by atoms with Crippen LogP contribution in [0.4, 0.5) is 0 Å². The molecule has 174 valence electrons. The van der Waals surface area contributed by atoms with E-state index >= 15 is 0 Å². The zero-order valence-corrected chi connectivity index (χ0v) is 19.0. The van der Waals surface area contributed by atoms with Gasteiger partial charge in [-0.15, -0.1) is 0 Å². The van der Waals surface area contributed by atoms with Gasteiger partial charge in [0.25, 0.3) is 0 Å². The topological polar surface area (TPSA) is 87.1 Å². The Labute approximate surface area is 189 Å². The van der Waals surface area contributed by atoms with Crippen LogP contribution in [0.3, 0.4) is 0 Å². The number of cyclic esters (lactones) is 1. The molecule has 0 saturated carbocycles. The van der Waals surface area contributed by atoms with Gasteiger partial charge in [-0.3, -0.25) is 9.78 Å². The molecule has 3 rings (SSSR count). The Morgan fingerprint density at radius 2 is 1.97 bits per heavy atom. The SMILES string of the molecule is COCCCOc1cc(COCC(O)C2CC(C(C)C)C(=O)O2)ccc1-c1ccncc1. The second kappa shape index (κ2) is 11.9. The number of carbonyl (C=O) groups is 1. The molecule has 0 spiro atoms. The number of aromatic nitrogens is 1. The lowest BCUT2D eigenvalue weighted by Gasteiger charge is -2.18. The summed E-state index contributed by atoms with van der Waals surface area (Å²) in [5, 5.41) is 10.4. The van der Waals surface area contributed by atoms with Gasteiger partial charge in [0.05, 0.1) is 25.7 Å². The van der Waals surface area contributed by atoms with Crippen LogP contribution in [0.15, 0.2) is 42.7 Å². The molecule has 3 atom stereocenters. The highest BCUT2D eigenvalue weighted by Crippen LogP contribution is 2.32. The second-order valence-electron chi connectivity index (χ2n) is 8.41. The average molecular weight is 444 g/mol. The van der Waals surface area contributed by atoms with E-state index in [1.807, 2.05) is 44.2 Å². The van der Waals surface area contributed by atoms with Crippen LogP contribution in [0.1, 0.15) is 32.3 Å². The van der Waals surface area contributed by atoms with E-state index in [1.54, 1.807) is 19.5 Å². The van der Waals surface area contributed by atoms with Crippen LogP contribution in [-0.4, -0.2) is 55.2 Å². The lowest BCUT2D eigenvalue weighted by Crippen LogP contribution is -2.30. The number of nitrogens with zero attached hydrogens (tertiary/aromatic N) is 1. The van der Waals surface area contributed by atoms with Crippen molar-refractivity contribution in [2.45, 2.75) is 45.5 Å². The van der Waals surface area contributed by atoms with Crippen molar-refractivity contribution in [2.75, 3.05) is 26.9 Å². The van der Waals surface area contributed by atoms with Crippen molar-refractivity contribution < 1.29 is 28.8 Å². The van der Waals surface area contributed by atoms with Gasteiger partial charge in [-0.2, -0.15) is 0 Å². The quantitative estimate of drug-likeness (QED) is 0.396. The molecule has 2 aromatic rings. The van der Waals surface area contributed by atoms with E-state index < -0.39 is 12.2 Å². The van der Waals surface area contributed by atoms with E-state index in [0.29, 0.717) is 26.2 Å². The molecule has 1 aromatic heterocycles. The molecule has 1 aliphatic heterocycles. The molecule has 0 bridgehead atoms. The molecule has 1 fully saturated rings. The van der Waals surface area contributed by atoms with Crippen LogP contribution in [0.5, 0.6) is 5.75 Å². The molecule has 0 amide bonds. The molecule has 0 radical (unpaired) electrons. The molecule has 2 heterocycles. The normalized spacial score (nSPS) is 19.2. The molecule has 7 heteroatoms. The van der Waals surface area contributed by atoms with Gasteiger partial charge >= 0.3 is 5.97 Å². The zero-order chi connectivity index (χ0) is 22.9. The Kier molecular flexibility index (Phi) is 9.02. The number of rotatable bonds is 12. The van der Waals surface area contributed by atoms with Gasteiger partial charge < -0.3 is 24.1 Å². The van der Waals surface area contributed by atoms with Crippen LogP contribution in [0.25, 0.3) is 11.1 Å². The van der Waals surface area contributed by atoms with Crippen molar-refractivity contribution in [3.05, 3.63) is 48.3 Å². The Balaban J connectivity index is 1.59. The number of ether oxygens (including phenoxy) is 4. The average Bonchev–Trinajstić information content (AvgIpc) is 3.19. The molecule has 1 aliphatic rings. The fourth-order valence-electron chi connectivity index (χ4n) is 3.75. The van der Waals surface area contributed by atoms with Crippen LogP contribution < -0.4 is 4.74 Å². The highest BCUT2D eigenvalue weighted by atomic mass is 16.6. The summed E-state index contributed by atoms with van der Waals surface area (Å²) in [5.41, 5.74) is 2.93. The lowest BCUT2D eigenvalue weighted by atomic mass is 9.91. The Hall–Kier alpha value is -2.48. The van der Waals surface area contributed by atoms with Gasteiger partial charge in [0.2, 0.25) is 0 Å². The zero-order valence-electron chi connectivity index (χ0n) is 19.0. The predicted octanol–water partition coefficient (Wildman–Crippen LogP) is 3.63. The summed E-state index contributed by atoms with van der Waals surface area (Å²) in [6.45, 7) is 5.56. The minimum atomic E-state index is -0.844. The van der Waals surface area contributed by atoms with Crippen molar-refractivity contribution >= 4 is 5.97 Å². The molecule has 1 N–H and O–H groups in total. The van der Waals surface area contributed by atoms with Crippen LogP contribution in [0.2, 0.25) is 0 Å². The molecular weight excluding hydrogens is 410 g/mol. The predicted molar refractivity (Wildman–Crippen MR) is 120 cm³/mol. The first kappa shape index (κ1) is 24.2. The Morgan fingerprint density at radius 3 is 2.66 bits per heavy atom. The van der Waals surface area contributed by atoms with Gasteiger partial charge in [-0.25, -0.2) is 0 Å². The number of hydrogen-bond donors (Lipinski definition) is 1. The maximum Gasteiger partial charge on any atom is 0.309 e. The fourth-order valence-corrected chi connectivity index (χ4v) is 3.75. The molecule has 3 unspecified atom stereocenters. The van der Waals surface area contributed by atoms with E-state index in [0.717, 1.165) is 28.9 Å². The summed E-state index contributed by atoms with van der Waals surface area (Å²) in [6, 6.07) is 9.82. The number of aliphatic hydroxyl groups excluding tert-OH is 1. The molecule has 32 heavy (non-hydrogen) atoms. The third-order valence-electron chi connectivity index (χ3n) is 5.64. The van der Waals surface area contributed by atoms with Gasteiger partial charge in [0.15, 0.2) is 0 Å². The van der Waals surface area contributed by atoms with Crippen molar-refractivity contribution in [1.82, 2.24) is 4.98 Å². The van der Waals surface area contributed by atoms with E-state index in [1.165, 1.54) is 0 Å². The maximum absolute atomic E-state index is 11.9. The van der Waals surface area contributed by atoms with E-state index in [-0.39, 0.29) is 24.4 Å². The lowest BCUT2D eigenvalue weighted by molar-refractivity contribution is -0.150. The molecule has 0 aliphatic carbocycles. The number of pyridine rings is 1. The third kappa shape index (κ3) is 6.51. The number of benzene rings is 1. The second-order valence-corrected chi connectivity index (χ2v) is 8.41. The van der Waals surface area contributed by atoms with Crippen molar-refractivity contribution in [1.29, 1.82) is 0 Å². The largest absolute Gasteiger partial charge is 0.493 e. The molecule has 1 saturated heterocycles. The summed E-state index contributed by atoms with van der Waals surface area (Å²) in [5.74, 6) is 0.569. The highest BCUT2D eigenvalue weighted by Gasteiger charge is 2.39. The van der Waals surface area contributed by atoms with Crippen LogP contribution in [-0.2, 0) is 25.6 Å². The summed E-state index contributed by atoms with van der Waals surface area (Å²) in [6.07, 6.45) is 3.47. The summed E-state index contributed by atoms with van der Waals surface area (Å²) in [7, 11) is 1.67. The monoisotopic (exact) mass is 443 g/mol. The first-order valence-corrected chi connectivity index (χ1v) is 11.1. The van der Waals surface area contributed by atoms with Crippen LogP contribution >= 0.6 is 0 Å². The minimum Gasteiger partial charge on any atom is -0.493 e. The first-order chi connectivity index (χ1) is 15.5. The van der Waals surface area contributed by atoms with Crippen molar-refractivity contribution in [3.63, 3.8) is 0 Å². The minimum absolute atomic E-state index is 0.0961. The number of hydrogen-bond acceptors (Lipinski definition) is 7. The first-order valence-electron chi connectivity index (χ1n) is 11.1. The highest BCUT2D eigenvalue weighted by molar-refractivity contribution is 5.75. The van der Waals surface area contributed by atoms with Crippen molar-refractivity contribution in [3.8, 4) is 16.9 Å². The van der Waals surface area contributed by atoms with E-state index in [2.05, 4.69) is 4.98 Å². The summed E-state index contributed by atoms with van der Waals surface area (Å²) < 4.78 is 22.2. The third-order valence-corrected chi connectivity index (χ3v) is 5.64. The van der Waals surface area contributed by atoms with E-state index in [4.69, 9.17) is 18.9 Å². The van der Waals surface area contributed by atoms with Gasteiger partial charge in [-0.1, -0.05) is 26.0 Å². The Bertz CT molecular complexity index is 857. The van der Waals surface area contributed by atoms with Gasteiger partial charge in [0, 0.05) is 44.5 Å². The number of methoxy groups -OCH3 is 1. The maximum atomic E-state index is 11.9. The summed E-state index contributed by atoms with van der Waals surface area (Å²) in [4.78, 5) is 16.0. The van der Waals surface area contributed by atoms with Crippen molar-refractivity contribution in [2.24, 2.45) is 11.8 Å². The van der Waals surface area contributed by atoms with Crippen LogP contribution in [0, 0.1) is 11.8 Å². The number of esters is 1. The Morgan fingerprint density at radius 1 is 1.19 bits per heavy atom. The number of aliphatic hydroxyl groups is 1. The van der Waals surface area contributed by atoms with Gasteiger partial charge in [0.1, 0.15) is 18.0 Å².